The Morgan fingerprint density at radius 3 is 2.50 bits per heavy atom. The lowest BCUT2D eigenvalue weighted by atomic mass is 10.0. The number of nitrogens with zero attached hydrogens (tertiary/aromatic N) is 1. The lowest BCUT2D eigenvalue weighted by molar-refractivity contribution is 0.317. The molecular formula is C19H19NO2. The molecule has 22 heavy (non-hydrogen) atoms. The van der Waals surface area contributed by atoms with Crippen LogP contribution in [0.5, 0.6) is 5.75 Å². The van der Waals surface area contributed by atoms with Gasteiger partial charge in [-0.1, -0.05) is 31.2 Å². The van der Waals surface area contributed by atoms with E-state index in [0.717, 1.165) is 28.6 Å². The molecule has 1 heterocycles. The highest BCUT2D eigenvalue weighted by Crippen LogP contribution is 2.22. The number of aryl methyl sites for hydroxylation is 1. The van der Waals surface area contributed by atoms with Crippen LogP contribution in [0.1, 0.15) is 13.3 Å². The van der Waals surface area contributed by atoms with E-state index in [1.807, 2.05) is 66.3 Å². The van der Waals surface area contributed by atoms with Gasteiger partial charge in [0.2, 0.25) is 0 Å². The predicted molar refractivity (Wildman–Crippen MR) is 90.4 cm³/mol. The largest absolute Gasteiger partial charge is 0.494 e. The first kappa shape index (κ1) is 14.4. The molecule has 3 aromatic rings. The molecule has 3 rings (SSSR count). The molecule has 0 atom stereocenters. The Bertz CT molecular complexity index is 847. The summed E-state index contributed by atoms with van der Waals surface area (Å²) in [5.74, 6) is 0.836. The van der Waals surface area contributed by atoms with Crippen molar-refractivity contribution in [2.24, 2.45) is 7.05 Å². The second kappa shape index (κ2) is 6.06. The zero-order valence-corrected chi connectivity index (χ0v) is 12.9. The van der Waals surface area contributed by atoms with E-state index < -0.39 is 0 Å². The van der Waals surface area contributed by atoms with Crippen LogP contribution in [0.25, 0.3) is 22.0 Å². The molecule has 0 saturated carbocycles. The summed E-state index contributed by atoms with van der Waals surface area (Å²) in [6.45, 7) is 2.78. The van der Waals surface area contributed by atoms with Crippen LogP contribution in [0.4, 0.5) is 0 Å². The van der Waals surface area contributed by atoms with E-state index in [2.05, 4.69) is 6.92 Å². The standard InChI is InChI=1S/C19H19NO2/c1-3-12-22-15-10-8-14(9-11-15)17-13-20(2)18-7-5-4-6-16(18)19(17)21/h4-11,13H,3,12H2,1-2H3. The summed E-state index contributed by atoms with van der Waals surface area (Å²) in [5.41, 5.74) is 2.63. The highest BCUT2D eigenvalue weighted by molar-refractivity contribution is 5.83. The molecule has 0 saturated heterocycles. The van der Waals surface area contributed by atoms with Gasteiger partial charge >= 0.3 is 0 Å². The smallest absolute Gasteiger partial charge is 0.197 e. The van der Waals surface area contributed by atoms with Crippen molar-refractivity contribution >= 4 is 10.9 Å². The third kappa shape index (κ3) is 2.62. The number of fused-ring (bicyclic) bond motifs is 1. The minimum Gasteiger partial charge on any atom is -0.494 e. The van der Waals surface area contributed by atoms with Crippen LogP contribution in [0.15, 0.2) is 59.5 Å². The molecule has 0 aliphatic rings. The molecular weight excluding hydrogens is 274 g/mol. The summed E-state index contributed by atoms with van der Waals surface area (Å²) in [7, 11) is 1.96. The number of ether oxygens (including phenoxy) is 1. The number of hydrogen-bond donors (Lipinski definition) is 0. The molecule has 0 aliphatic carbocycles. The van der Waals surface area contributed by atoms with Crippen LogP contribution in [0, 0.1) is 0 Å². The minimum atomic E-state index is 0.0657. The van der Waals surface area contributed by atoms with Gasteiger partial charge in [0.1, 0.15) is 5.75 Å². The molecule has 1 aromatic heterocycles. The third-order valence-electron chi connectivity index (χ3n) is 3.73. The maximum absolute atomic E-state index is 12.7. The van der Waals surface area contributed by atoms with Gasteiger partial charge in [-0.05, 0) is 36.2 Å². The summed E-state index contributed by atoms with van der Waals surface area (Å²) < 4.78 is 7.58. The van der Waals surface area contributed by atoms with E-state index in [0.29, 0.717) is 12.2 Å². The van der Waals surface area contributed by atoms with E-state index in [1.165, 1.54) is 0 Å². The maximum Gasteiger partial charge on any atom is 0.197 e. The fourth-order valence-corrected chi connectivity index (χ4v) is 2.60. The highest BCUT2D eigenvalue weighted by atomic mass is 16.5. The predicted octanol–water partition coefficient (Wildman–Crippen LogP) is 3.99. The Morgan fingerprint density at radius 2 is 1.77 bits per heavy atom. The van der Waals surface area contributed by atoms with Crippen LogP contribution >= 0.6 is 0 Å². The van der Waals surface area contributed by atoms with Gasteiger partial charge in [0, 0.05) is 24.2 Å². The summed E-state index contributed by atoms with van der Waals surface area (Å²) in [4.78, 5) is 12.7. The Labute approximate surface area is 129 Å². The zero-order valence-electron chi connectivity index (χ0n) is 12.9. The van der Waals surface area contributed by atoms with Gasteiger partial charge in [-0.25, -0.2) is 0 Å². The second-order valence-corrected chi connectivity index (χ2v) is 5.37. The Morgan fingerprint density at radius 1 is 1.05 bits per heavy atom. The Hall–Kier alpha value is -2.55. The highest BCUT2D eigenvalue weighted by Gasteiger charge is 2.09. The molecule has 0 unspecified atom stereocenters. The van der Waals surface area contributed by atoms with Crippen molar-refractivity contribution in [1.29, 1.82) is 0 Å². The molecule has 0 spiro atoms. The SMILES string of the molecule is CCCOc1ccc(-c2cn(C)c3ccccc3c2=O)cc1. The van der Waals surface area contributed by atoms with Crippen molar-refractivity contribution in [3.63, 3.8) is 0 Å². The van der Waals surface area contributed by atoms with Gasteiger partial charge in [-0.15, -0.1) is 0 Å². The topological polar surface area (TPSA) is 31.2 Å². The number of hydrogen-bond acceptors (Lipinski definition) is 2. The first-order chi connectivity index (χ1) is 10.7. The monoisotopic (exact) mass is 293 g/mol. The van der Waals surface area contributed by atoms with Crippen molar-refractivity contribution < 1.29 is 4.74 Å². The van der Waals surface area contributed by atoms with Crippen LogP contribution in [-0.4, -0.2) is 11.2 Å². The molecule has 0 bridgehead atoms. The zero-order chi connectivity index (χ0) is 15.5. The molecule has 112 valence electrons. The second-order valence-electron chi connectivity index (χ2n) is 5.37. The Balaban J connectivity index is 2.07. The van der Waals surface area contributed by atoms with Gasteiger partial charge in [0.05, 0.1) is 12.1 Å². The van der Waals surface area contributed by atoms with Crippen LogP contribution in [0.3, 0.4) is 0 Å². The van der Waals surface area contributed by atoms with Crippen LogP contribution in [0.2, 0.25) is 0 Å². The number of pyridine rings is 1. The summed E-state index contributed by atoms with van der Waals surface area (Å²) in [6, 6.07) is 15.4. The van der Waals surface area contributed by atoms with Gasteiger partial charge in [0.15, 0.2) is 5.43 Å². The number of para-hydroxylation sites is 1. The first-order valence-electron chi connectivity index (χ1n) is 7.52. The lowest BCUT2D eigenvalue weighted by Crippen LogP contribution is -2.10. The number of benzene rings is 2. The van der Waals surface area contributed by atoms with E-state index in [-0.39, 0.29) is 5.43 Å². The molecule has 0 fully saturated rings. The minimum absolute atomic E-state index is 0.0657. The van der Waals surface area contributed by atoms with Crippen LogP contribution < -0.4 is 10.2 Å². The van der Waals surface area contributed by atoms with E-state index >= 15 is 0 Å². The molecule has 3 nitrogen and oxygen atoms in total. The van der Waals surface area contributed by atoms with E-state index in [1.54, 1.807) is 0 Å². The molecule has 0 radical (unpaired) electrons. The molecule has 0 N–H and O–H groups in total. The van der Waals surface area contributed by atoms with E-state index in [9.17, 15) is 4.79 Å². The quantitative estimate of drug-likeness (QED) is 0.728. The normalized spacial score (nSPS) is 10.8. The van der Waals surface area contributed by atoms with Gasteiger partial charge in [-0.2, -0.15) is 0 Å². The van der Waals surface area contributed by atoms with Crippen molar-refractivity contribution in [1.82, 2.24) is 4.57 Å². The fraction of sp³-hybridized carbons (Fsp3) is 0.211. The van der Waals surface area contributed by atoms with Gasteiger partial charge < -0.3 is 9.30 Å². The average Bonchev–Trinajstić information content (AvgIpc) is 2.57. The number of aromatic nitrogens is 1. The molecule has 0 amide bonds. The lowest BCUT2D eigenvalue weighted by Gasteiger charge is -2.10. The van der Waals surface area contributed by atoms with Gasteiger partial charge in [0.25, 0.3) is 0 Å². The summed E-state index contributed by atoms with van der Waals surface area (Å²) in [5, 5.41) is 0.744. The van der Waals surface area contributed by atoms with Crippen molar-refractivity contribution in [3.05, 3.63) is 65.0 Å². The van der Waals surface area contributed by atoms with Crippen LogP contribution in [-0.2, 0) is 7.05 Å². The average molecular weight is 293 g/mol. The maximum atomic E-state index is 12.7. The van der Waals surface area contributed by atoms with Gasteiger partial charge in [-0.3, -0.25) is 4.79 Å². The summed E-state index contributed by atoms with van der Waals surface area (Å²) in [6.07, 6.45) is 2.87. The molecule has 3 heteroatoms. The molecule has 0 aliphatic heterocycles. The fourth-order valence-electron chi connectivity index (χ4n) is 2.60. The van der Waals surface area contributed by atoms with Crippen molar-refractivity contribution in [2.45, 2.75) is 13.3 Å². The Kier molecular flexibility index (Phi) is 3.96. The number of rotatable bonds is 4. The molecule has 2 aromatic carbocycles. The van der Waals surface area contributed by atoms with E-state index in [4.69, 9.17) is 4.74 Å². The third-order valence-corrected chi connectivity index (χ3v) is 3.73. The summed E-state index contributed by atoms with van der Waals surface area (Å²) >= 11 is 0. The van der Waals surface area contributed by atoms with Crippen molar-refractivity contribution in [2.75, 3.05) is 6.61 Å². The van der Waals surface area contributed by atoms with Crippen molar-refractivity contribution in [3.8, 4) is 16.9 Å². The first-order valence-corrected chi connectivity index (χ1v) is 7.52.